The first-order chi connectivity index (χ1) is 9.29. The van der Waals surface area contributed by atoms with E-state index in [4.69, 9.17) is 0 Å². The summed E-state index contributed by atoms with van der Waals surface area (Å²) in [5.74, 6) is 0. The van der Waals surface area contributed by atoms with Crippen LogP contribution in [-0.4, -0.2) is 44.2 Å². The lowest BCUT2D eigenvalue weighted by atomic mass is 10.2. The number of benzene rings is 1. The molecule has 3 rings (SSSR count). The second kappa shape index (κ2) is 5.07. The third-order valence-electron chi connectivity index (χ3n) is 3.65. The molecule has 1 saturated heterocycles. The molecule has 100 valence electrons. The van der Waals surface area contributed by atoms with Crippen LogP contribution in [-0.2, 0) is 6.67 Å². The zero-order valence-corrected chi connectivity index (χ0v) is 10.6. The normalized spacial score (nSPS) is 20.2. The highest BCUT2D eigenvalue weighted by molar-refractivity contribution is 5.76. The van der Waals surface area contributed by atoms with Crippen molar-refractivity contribution in [2.24, 2.45) is 0 Å². The Kier molecular flexibility index (Phi) is 3.27. The predicted octanol–water partition coefficient (Wildman–Crippen LogP) is 0.206. The first-order valence-electron chi connectivity index (χ1n) is 6.47. The van der Waals surface area contributed by atoms with Crippen LogP contribution in [0.3, 0.4) is 0 Å². The third kappa shape index (κ3) is 2.24. The molecule has 1 aromatic heterocycles. The van der Waals surface area contributed by atoms with Crippen molar-refractivity contribution < 1.29 is 5.11 Å². The van der Waals surface area contributed by atoms with Gasteiger partial charge in [-0.15, -0.1) is 5.10 Å². The van der Waals surface area contributed by atoms with Gasteiger partial charge in [-0.05, 0) is 25.0 Å². The zero-order chi connectivity index (χ0) is 13.2. The number of aliphatic hydroxyl groups is 1. The minimum Gasteiger partial charge on any atom is -0.395 e. The van der Waals surface area contributed by atoms with Crippen molar-refractivity contribution in [3.05, 3.63) is 34.6 Å². The summed E-state index contributed by atoms with van der Waals surface area (Å²) in [7, 11) is 0. The van der Waals surface area contributed by atoms with Crippen molar-refractivity contribution in [3.63, 3.8) is 0 Å². The smallest absolute Gasteiger partial charge is 0.278 e. The molecule has 0 saturated carbocycles. The molecular formula is C13H16N4O2. The van der Waals surface area contributed by atoms with Crippen molar-refractivity contribution in [2.45, 2.75) is 25.6 Å². The highest BCUT2D eigenvalue weighted by Gasteiger charge is 2.24. The summed E-state index contributed by atoms with van der Waals surface area (Å²) in [6.45, 7) is 1.39. The molecule has 1 aromatic carbocycles. The quantitative estimate of drug-likeness (QED) is 0.854. The van der Waals surface area contributed by atoms with E-state index in [1.54, 1.807) is 12.1 Å². The van der Waals surface area contributed by atoms with Gasteiger partial charge >= 0.3 is 0 Å². The molecule has 0 amide bonds. The number of hydrogen-bond acceptors (Lipinski definition) is 5. The summed E-state index contributed by atoms with van der Waals surface area (Å²) in [6.07, 6.45) is 2.01. The summed E-state index contributed by atoms with van der Waals surface area (Å²) in [5, 5.41) is 17.9. The van der Waals surface area contributed by atoms with Crippen molar-refractivity contribution in [3.8, 4) is 0 Å². The fourth-order valence-electron chi connectivity index (χ4n) is 2.58. The first kappa shape index (κ1) is 12.3. The Morgan fingerprint density at radius 3 is 3.05 bits per heavy atom. The molecule has 0 bridgehead atoms. The van der Waals surface area contributed by atoms with Crippen LogP contribution in [0.5, 0.6) is 0 Å². The van der Waals surface area contributed by atoms with E-state index in [2.05, 4.69) is 15.2 Å². The molecule has 19 heavy (non-hydrogen) atoms. The molecule has 0 unspecified atom stereocenters. The minimum absolute atomic E-state index is 0.121. The molecule has 6 heteroatoms. The highest BCUT2D eigenvalue weighted by atomic mass is 16.3. The van der Waals surface area contributed by atoms with Crippen molar-refractivity contribution in [2.75, 3.05) is 13.2 Å². The molecule has 2 aromatic rings. The van der Waals surface area contributed by atoms with Crippen LogP contribution in [0.25, 0.3) is 10.9 Å². The summed E-state index contributed by atoms with van der Waals surface area (Å²) in [6, 6.07) is 7.32. The largest absolute Gasteiger partial charge is 0.395 e. The van der Waals surface area contributed by atoms with Crippen LogP contribution < -0.4 is 5.56 Å². The van der Waals surface area contributed by atoms with Crippen LogP contribution in [0.15, 0.2) is 29.1 Å². The fourth-order valence-corrected chi connectivity index (χ4v) is 2.58. The van der Waals surface area contributed by atoms with E-state index in [0.717, 1.165) is 19.4 Å². The van der Waals surface area contributed by atoms with Gasteiger partial charge < -0.3 is 5.11 Å². The highest BCUT2D eigenvalue weighted by Crippen LogP contribution is 2.16. The Labute approximate surface area is 110 Å². The summed E-state index contributed by atoms with van der Waals surface area (Å²) >= 11 is 0. The van der Waals surface area contributed by atoms with Gasteiger partial charge in [0.05, 0.1) is 18.7 Å². The van der Waals surface area contributed by atoms with Gasteiger partial charge in [-0.25, -0.2) is 0 Å². The molecule has 1 atom stereocenters. The van der Waals surface area contributed by atoms with Crippen LogP contribution in [0.1, 0.15) is 12.8 Å². The Morgan fingerprint density at radius 1 is 1.37 bits per heavy atom. The lowest BCUT2D eigenvalue weighted by Gasteiger charge is -2.22. The van der Waals surface area contributed by atoms with Gasteiger partial charge in [-0.2, -0.15) is 4.68 Å². The number of aliphatic hydroxyl groups excluding tert-OH is 1. The van der Waals surface area contributed by atoms with E-state index in [0.29, 0.717) is 17.6 Å². The summed E-state index contributed by atoms with van der Waals surface area (Å²) < 4.78 is 1.37. The van der Waals surface area contributed by atoms with Crippen LogP contribution in [0.4, 0.5) is 0 Å². The van der Waals surface area contributed by atoms with E-state index in [1.807, 2.05) is 12.1 Å². The molecule has 2 heterocycles. The molecular weight excluding hydrogens is 244 g/mol. The maximum absolute atomic E-state index is 12.3. The number of rotatable bonds is 3. The fraction of sp³-hybridized carbons (Fsp3) is 0.462. The number of nitrogens with zero attached hydrogens (tertiary/aromatic N) is 4. The number of likely N-dealkylation sites (tertiary alicyclic amines) is 1. The third-order valence-corrected chi connectivity index (χ3v) is 3.65. The molecule has 0 aliphatic carbocycles. The second-order valence-electron chi connectivity index (χ2n) is 4.84. The van der Waals surface area contributed by atoms with Gasteiger partial charge in [0.2, 0.25) is 0 Å². The Morgan fingerprint density at radius 2 is 2.21 bits per heavy atom. The van der Waals surface area contributed by atoms with Gasteiger partial charge in [-0.3, -0.25) is 9.69 Å². The van der Waals surface area contributed by atoms with Crippen LogP contribution >= 0.6 is 0 Å². The topological polar surface area (TPSA) is 71.2 Å². The average Bonchev–Trinajstić information content (AvgIpc) is 2.89. The van der Waals surface area contributed by atoms with E-state index in [-0.39, 0.29) is 18.2 Å². The maximum Gasteiger partial charge on any atom is 0.278 e. The van der Waals surface area contributed by atoms with E-state index in [1.165, 1.54) is 4.68 Å². The Hall–Kier alpha value is -1.79. The number of hydrogen-bond donors (Lipinski definition) is 1. The maximum atomic E-state index is 12.3. The second-order valence-corrected chi connectivity index (χ2v) is 4.84. The van der Waals surface area contributed by atoms with Gasteiger partial charge in [0.1, 0.15) is 5.52 Å². The molecule has 0 spiro atoms. The van der Waals surface area contributed by atoms with Gasteiger partial charge in [-0.1, -0.05) is 17.3 Å². The number of fused-ring (bicyclic) bond motifs is 1. The molecule has 6 nitrogen and oxygen atoms in total. The first-order valence-corrected chi connectivity index (χ1v) is 6.47. The van der Waals surface area contributed by atoms with Crippen molar-refractivity contribution >= 4 is 10.9 Å². The predicted molar refractivity (Wildman–Crippen MR) is 70.6 cm³/mol. The van der Waals surface area contributed by atoms with E-state index >= 15 is 0 Å². The van der Waals surface area contributed by atoms with E-state index in [9.17, 15) is 9.90 Å². The lowest BCUT2D eigenvalue weighted by Crippen LogP contribution is -2.38. The Bertz CT molecular complexity index is 640. The van der Waals surface area contributed by atoms with Gasteiger partial charge in [0.15, 0.2) is 0 Å². The lowest BCUT2D eigenvalue weighted by molar-refractivity contribution is 0.123. The summed E-state index contributed by atoms with van der Waals surface area (Å²) in [5.41, 5.74) is 0.484. The summed E-state index contributed by atoms with van der Waals surface area (Å²) in [4.78, 5) is 14.4. The molecule has 1 aliphatic heterocycles. The monoisotopic (exact) mass is 260 g/mol. The van der Waals surface area contributed by atoms with E-state index < -0.39 is 0 Å². The van der Waals surface area contributed by atoms with Crippen molar-refractivity contribution in [1.82, 2.24) is 19.9 Å². The molecule has 1 N–H and O–H groups in total. The SMILES string of the molecule is O=c1c2ccccc2nnn1CN1CCC[C@H]1CO. The van der Waals surface area contributed by atoms with Gasteiger partial charge in [0.25, 0.3) is 5.56 Å². The van der Waals surface area contributed by atoms with Gasteiger partial charge in [0, 0.05) is 12.6 Å². The molecule has 0 radical (unpaired) electrons. The zero-order valence-electron chi connectivity index (χ0n) is 10.6. The molecule has 1 fully saturated rings. The average molecular weight is 260 g/mol. The Balaban J connectivity index is 1.93. The van der Waals surface area contributed by atoms with Crippen LogP contribution in [0.2, 0.25) is 0 Å². The molecule has 1 aliphatic rings. The van der Waals surface area contributed by atoms with Crippen molar-refractivity contribution in [1.29, 1.82) is 0 Å². The number of aromatic nitrogens is 3. The minimum atomic E-state index is -0.130. The van der Waals surface area contributed by atoms with Crippen LogP contribution in [0, 0.1) is 0 Å². The standard InChI is InChI=1S/C13H16N4O2/c18-8-10-4-3-7-16(10)9-17-13(19)11-5-1-2-6-12(11)14-15-17/h1-2,5-6,10,18H,3-4,7-9H2/t10-/m0/s1.